The largest absolute Gasteiger partial charge is 0.492 e. The summed E-state index contributed by atoms with van der Waals surface area (Å²) in [7, 11) is 0. The summed E-state index contributed by atoms with van der Waals surface area (Å²) in [5.74, 6) is 0.428. The first-order valence-corrected chi connectivity index (χ1v) is 10.2. The molecule has 148 valence electrons. The summed E-state index contributed by atoms with van der Waals surface area (Å²) in [5.41, 5.74) is 0.532. The number of hydrogen-bond donors (Lipinski definition) is 2. The van der Waals surface area contributed by atoms with Gasteiger partial charge in [-0.1, -0.05) is 30.4 Å². The van der Waals surface area contributed by atoms with Crippen LogP contribution in [-0.2, 0) is 11.2 Å². The van der Waals surface area contributed by atoms with Crippen molar-refractivity contribution in [3.05, 3.63) is 46.3 Å². The number of benzene rings is 1. The van der Waals surface area contributed by atoms with Crippen molar-refractivity contribution in [2.24, 2.45) is 0 Å². The van der Waals surface area contributed by atoms with Crippen LogP contribution in [0.2, 0.25) is 0 Å². The van der Waals surface area contributed by atoms with Crippen LogP contribution in [0, 0.1) is 5.82 Å². The second-order valence-electron chi connectivity index (χ2n) is 6.98. The highest BCUT2D eigenvalue weighted by molar-refractivity contribution is 7.17. The average molecular weight is 404 g/mol. The number of aromatic hydroxyl groups is 1. The van der Waals surface area contributed by atoms with Crippen molar-refractivity contribution in [2.45, 2.75) is 26.3 Å². The molecule has 0 unspecified atom stereocenters. The molecule has 1 aromatic carbocycles. The van der Waals surface area contributed by atoms with E-state index in [4.69, 9.17) is 0 Å². The van der Waals surface area contributed by atoms with Crippen LogP contribution in [0.15, 0.2) is 24.3 Å². The molecule has 0 aliphatic carbocycles. The number of halogens is 1. The third-order valence-electron chi connectivity index (χ3n) is 5.30. The van der Waals surface area contributed by atoms with Gasteiger partial charge in [0.05, 0.1) is 31.7 Å². The fourth-order valence-corrected chi connectivity index (χ4v) is 4.93. The highest BCUT2D eigenvalue weighted by Crippen LogP contribution is 2.35. The van der Waals surface area contributed by atoms with E-state index in [0.29, 0.717) is 53.8 Å². The summed E-state index contributed by atoms with van der Waals surface area (Å²) in [4.78, 5) is 20.3. The van der Waals surface area contributed by atoms with Crippen molar-refractivity contribution >= 4 is 22.2 Å². The number of amides is 1. The van der Waals surface area contributed by atoms with Crippen molar-refractivity contribution < 1.29 is 19.2 Å². The number of fused-ring (bicyclic) bond motifs is 1. The van der Waals surface area contributed by atoms with Crippen molar-refractivity contribution in [2.75, 3.05) is 26.2 Å². The maximum atomic E-state index is 14.7. The highest BCUT2D eigenvalue weighted by atomic mass is 32.1. The molecule has 1 aliphatic heterocycles. The van der Waals surface area contributed by atoms with Crippen molar-refractivity contribution in [1.82, 2.24) is 19.5 Å². The molecule has 3 heterocycles. The van der Waals surface area contributed by atoms with E-state index in [-0.39, 0.29) is 23.6 Å². The van der Waals surface area contributed by atoms with Crippen LogP contribution in [0.3, 0.4) is 0 Å². The second-order valence-corrected chi connectivity index (χ2v) is 7.99. The van der Waals surface area contributed by atoms with E-state index in [1.54, 1.807) is 30.0 Å². The highest BCUT2D eigenvalue weighted by Gasteiger charge is 2.36. The van der Waals surface area contributed by atoms with E-state index in [9.17, 15) is 14.3 Å². The fraction of sp³-hybridized carbons (Fsp3) is 0.421. The molecule has 0 spiro atoms. The van der Waals surface area contributed by atoms with Gasteiger partial charge in [0.25, 0.3) is 0 Å². The Morgan fingerprint density at radius 3 is 2.68 bits per heavy atom. The van der Waals surface area contributed by atoms with Gasteiger partial charge in [-0.05, 0) is 12.1 Å². The van der Waals surface area contributed by atoms with Crippen LogP contribution >= 0.6 is 11.3 Å². The molecule has 1 saturated heterocycles. The maximum absolute atomic E-state index is 14.7. The summed E-state index contributed by atoms with van der Waals surface area (Å²) < 4.78 is 16.2. The summed E-state index contributed by atoms with van der Waals surface area (Å²) in [6.07, 6.45) is 0.679. The molecule has 4 rings (SSSR count). The lowest BCUT2D eigenvalue weighted by molar-refractivity contribution is -0.929. The molecule has 28 heavy (non-hydrogen) atoms. The standard InChI is InChI=1S/C19H22FN5O2S/c1-3-15-21-19-25(22-15)18(27)17(28-19)16(13-6-4-5-7-14(13)20)24-10-8-23(9-11-24)12(2)26/h4-7,16,27H,3,8-11H2,1-2H3/p+1/t16-/m0/s1. The topological polar surface area (TPSA) is 75.2 Å². The smallest absolute Gasteiger partial charge is 0.235 e. The minimum Gasteiger partial charge on any atom is -0.492 e. The van der Waals surface area contributed by atoms with Crippen LogP contribution in [0.25, 0.3) is 4.96 Å². The third kappa shape index (κ3) is 3.24. The van der Waals surface area contributed by atoms with Crippen LogP contribution < -0.4 is 4.90 Å². The molecule has 1 aliphatic rings. The zero-order valence-corrected chi connectivity index (χ0v) is 16.7. The Kier molecular flexibility index (Phi) is 5.03. The third-order valence-corrected chi connectivity index (χ3v) is 6.38. The second kappa shape index (κ2) is 7.48. The van der Waals surface area contributed by atoms with Crippen LogP contribution in [0.5, 0.6) is 5.88 Å². The van der Waals surface area contributed by atoms with Gasteiger partial charge >= 0.3 is 0 Å². The summed E-state index contributed by atoms with van der Waals surface area (Å²) in [6, 6.07) is 6.29. The van der Waals surface area contributed by atoms with E-state index < -0.39 is 0 Å². The van der Waals surface area contributed by atoms with Gasteiger partial charge in [0.1, 0.15) is 10.7 Å². The predicted octanol–water partition coefficient (Wildman–Crippen LogP) is 1.03. The maximum Gasteiger partial charge on any atom is 0.235 e. The molecule has 0 bridgehead atoms. The fourth-order valence-electron chi connectivity index (χ4n) is 3.78. The molecular weight excluding hydrogens is 381 g/mol. The molecule has 7 nitrogen and oxygen atoms in total. The van der Waals surface area contributed by atoms with Crippen molar-refractivity contribution in [3.63, 3.8) is 0 Å². The quantitative estimate of drug-likeness (QED) is 0.681. The normalized spacial score (nSPS) is 16.6. The number of quaternary nitrogens is 1. The monoisotopic (exact) mass is 404 g/mol. The number of nitrogens with zero attached hydrogens (tertiary/aromatic N) is 4. The molecule has 0 radical (unpaired) electrons. The molecule has 2 aromatic heterocycles. The molecule has 0 saturated carbocycles. The first kappa shape index (κ1) is 18.8. The van der Waals surface area contributed by atoms with Gasteiger partial charge in [-0.3, -0.25) is 4.79 Å². The molecule has 3 aromatic rings. The lowest BCUT2D eigenvalue weighted by atomic mass is 10.0. The summed E-state index contributed by atoms with van der Waals surface area (Å²) in [6.45, 7) is 6.08. The summed E-state index contributed by atoms with van der Waals surface area (Å²) in [5, 5.41) is 15.2. The minimum atomic E-state index is -0.381. The lowest BCUT2D eigenvalue weighted by Gasteiger charge is -2.36. The van der Waals surface area contributed by atoms with Crippen LogP contribution in [0.1, 0.15) is 36.2 Å². The number of nitrogens with one attached hydrogen (secondary N) is 1. The van der Waals surface area contributed by atoms with Gasteiger partial charge in [-0.15, -0.1) is 5.10 Å². The van der Waals surface area contributed by atoms with Gasteiger partial charge in [-0.2, -0.15) is 4.52 Å². The number of thiazole rings is 1. The first-order valence-electron chi connectivity index (χ1n) is 9.41. The first-order chi connectivity index (χ1) is 13.5. The minimum absolute atomic E-state index is 0.0157. The zero-order chi connectivity index (χ0) is 19.8. The number of carbonyl (C=O) groups is 1. The Morgan fingerprint density at radius 2 is 2.07 bits per heavy atom. The van der Waals surface area contributed by atoms with Crippen molar-refractivity contribution in [3.8, 4) is 5.88 Å². The predicted molar refractivity (Wildman–Crippen MR) is 103 cm³/mol. The van der Waals surface area contributed by atoms with Gasteiger partial charge < -0.3 is 14.9 Å². The molecule has 2 N–H and O–H groups in total. The van der Waals surface area contributed by atoms with Gasteiger partial charge in [0.2, 0.25) is 16.7 Å². The van der Waals surface area contributed by atoms with Crippen LogP contribution in [-0.4, -0.2) is 56.7 Å². The number of carbonyl (C=O) groups excluding carboxylic acids is 1. The lowest BCUT2D eigenvalue weighted by Crippen LogP contribution is -3.15. The molecular formula is C19H23FN5O2S+. The number of piperazine rings is 1. The van der Waals surface area contributed by atoms with E-state index in [1.807, 2.05) is 6.92 Å². The van der Waals surface area contributed by atoms with E-state index in [2.05, 4.69) is 10.1 Å². The Hall–Kier alpha value is -2.52. The number of aromatic nitrogens is 3. The Bertz CT molecular complexity index is 1010. The summed E-state index contributed by atoms with van der Waals surface area (Å²) >= 11 is 1.34. The van der Waals surface area contributed by atoms with E-state index in [1.165, 1.54) is 21.9 Å². The van der Waals surface area contributed by atoms with Crippen molar-refractivity contribution in [1.29, 1.82) is 0 Å². The Balaban J connectivity index is 1.76. The number of hydrogen-bond acceptors (Lipinski definition) is 5. The number of rotatable bonds is 4. The van der Waals surface area contributed by atoms with Gasteiger partial charge in [0, 0.05) is 13.3 Å². The van der Waals surface area contributed by atoms with Gasteiger partial charge in [0.15, 0.2) is 11.9 Å². The van der Waals surface area contributed by atoms with Gasteiger partial charge in [-0.25, -0.2) is 9.37 Å². The average Bonchev–Trinajstić information content (AvgIpc) is 3.23. The zero-order valence-electron chi connectivity index (χ0n) is 15.9. The molecule has 1 amide bonds. The Morgan fingerprint density at radius 1 is 1.36 bits per heavy atom. The molecule has 9 heteroatoms. The SMILES string of the molecule is CCc1nc2sc([C@H](c3ccccc3F)[NH+]3CCN(C(C)=O)CC3)c(O)n2n1. The molecule has 1 fully saturated rings. The number of aryl methyl sites for hydroxylation is 1. The molecule has 1 atom stereocenters. The van der Waals surface area contributed by atoms with E-state index in [0.717, 1.165) is 4.90 Å². The van der Waals surface area contributed by atoms with Crippen LogP contribution in [0.4, 0.5) is 4.39 Å². The Labute approximate surface area is 166 Å². The van der Waals surface area contributed by atoms with E-state index >= 15 is 0 Å².